The average molecular weight is 216 g/mol. The van der Waals surface area contributed by atoms with Gasteiger partial charge in [-0.1, -0.05) is 40.9 Å². The summed E-state index contributed by atoms with van der Waals surface area (Å²) in [5, 5.41) is 1.30. The van der Waals surface area contributed by atoms with Crippen molar-refractivity contribution in [2.45, 2.75) is 6.92 Å². The van der Waals surface area contributed by atoms with Gasteiger partial charge in [-0.05, 0) is 24.6 Å². The highest BCUT2D eigenvalue weighted by atomic mass is 35.5. The minimum absolute atomic E-state index is 0.541. The Morgan fingerprint density at radius 2 is 2.15 bits per heavy atom. The van der Waals surface area contributed by atoms with Crippen molar-refractivity contribution < 1.29 is 0 Å². The molecule has 0 aromatic heterocycles. The molecule has 1 rings (SSSR count). The molecule has 0 unspecified atom stereocenters. The zero-order chi connectivity index (χ0) is 9.84. The third-order valence-electron chi connectivity index (χ3n) is 1.69. The van der Waals surface area contributed by atoms with Crippen LogP contribution in [0.3, 0.4) is 0 Å². The van der Waals surface area contributed by atoms with Crippen LogP contribution >= 0.6 is 23.2 Å². The van der Waals surface area contributed by atoms with Crippen LogP contribution in [0.15, 0.2) is 23.8 Å². The van der Waals surface area contributed by atoms with Gasteiger partial charge in [-0.3, -0.25) is 0 Å². The Kier molecular flexibility index (Phi) is 3.79. The second-order valence-corrected chi connectivity index (χ2v) is 3.70. The van der Waals surface area contributed by atoms with Crippen molar-refractivity contribution in [3.05, 3.63) is 39.4 Å². The summed E-state index contributed by atoms with van der Waals surface area (Å²) in [5.41, 5.74) is 7.50. The van der Waals surface area contributed by atoms with Gasteiger partial charge in [0.05, 0.1) is 0 Å². The van der Waals surface area contributed by atoms with Gasteiger partial charge in [0.15, 0.2) is 0 Å². The van der Waals surface area contributed by atoms with Crippen molar-refractivity contribution in [1.29, 1.82) is 0 Å². The molecule has 0 heterocycles. The van der Waals surface area contributed by atoms with Crippen LogP contribution in [0.5, 0.6) is 0 Å². The van der Waals surface area contributed by atoms with Crippen LogP contribution in [-0.4, -0.2) is 6.54 Å². The van der Waals surface area contributed by atoms with Gasteiger partial charge < -0.3 is 5.73 Å². The summed E-state index contributed by atoms with van der Waals surface area (Å²) in [6, 6.07) is 5.41. The fourth-order valence-electron chi connectivity index (χ4n) is 0.943. The first kappa shape index (κ1) is 10.6. The Balaban J connectivity index is 3.03. The molecule has 0 atom stereocenters. The minimum atomic E-state index is 0.541. The van der Waals surface area contributed by atoms with E-state index in [2.05, 4.69) is 0 Å². The second kappa shape index (κ2) is 4.66. The van der Waals surface area contributed by atoms with E-state index in [9.17, 15) is 0 Å². The fraction of sp³-hybridized carbons (Fsp3) is 0.200. The van der Waals surface area contributed by atoms with Gasteiger partial charge >= 0.3 is 0 Å². The predicted octanol–water partition coefficient (Wildman–Crippen LogP) is 3.36. The molecule has 1 aromatic carbocycles. The first-order valence-electron chi connectivity index (χ1n) is 3.96. The lowest BCUT2D eigenvalue weighted by Crippen LogP contribution is -1.99. The molecule has 2 N–H and O–H groups in total. The number of hydrogen-bond acceptors (Lipinski definition) is 1. The first-order chi connectivity index (χ1) is 6.13. The van der Waals surface area contributed by atoms with Crippen molar-refractivity contribution in [3.8, 4) is 0 Å². The van der Waals surface area contributed by atoms with E-state index in [1.807, 2.05) is 25.1 Å². The van der Waals surface area contributed by atoms with E-state index in [4.69, 9.17) is 28.9 Å². The highest BCUT2D eigenvalue weighted by Crippen LogP contribution is 2.22. The smallest absolute Gasteiger partial charge is 0.0493 e. The molecule has 3 heteroatoms. The van der Waals surface area contributed by atoms with E-state index in [0.717, 1.165) is 11.1 Å². The standard InChI is InChI=1S/C10H11Cl2N/c1-7(6-13)4-8-2-3-9(11)5-10(8)12/h2-5H,6,13H2,1H3. The quantitative estimate of drug-likeness (QED) is 0.805. The maximum atomic E-state index is 5.96. The molecule has 0 aliphatic heterocycles. The fourth-order valence-corrected chi connectivity index (χ4v) is 1.41. The summed E-state index contributed by atoms with van der Waals surface area (Å²) < 4.78 is 0. The van der Waals surface area contributed by atoms with Crippen molar-refractivity contribution in [2.24, 2.45) is 5.73 Å². The molecule has 0 radical (unpaired) electrons. The molecular weight excluding hydrogens is 205 g/mol. The zero-order valence-corrected chi connectivity index (χ0v) is 8.86. The van der Waals surface area contributed by atoms with Gasteiger partial charge in [0, 0.05) is 16.6 Å². The Morgan fingerprint density at radius 3 is 2.69 bits per heavy atom. The van der Waals surface area contributed by atoms with Gasteiger partial charge in [-0.25, -0.2) is 0 Å². The third kappa shape index (κ3) is 3.03. The lowest BCUT2D eigenvalue weighted by Gasteiger charge is -2.00. The van der Waals surface area contributed by atoms with Gasteiger partial charge in [0.1, 0.15) is 0 Å². The molecule has 0 aliphatic carbocycles. The van der Waals surface area contributed by atoms with Crippen LogP contribution in [-0.2, 0) is 0 Å². The van der Waals surface area contributed by atoms with Crippen molar-refractivity contribution in [1.82, 2.24) is 0 Å². The minimum Gasteiger partial charge on any atom is -0.327 e. The topological polar surface area (TPSA) is 26.0 Å². The number of halogens is 2. The number of rotatable bonds is 2. The van der Waals surface area contributed by atoms with E-state index in [0.29, 0.717) is 16.6 Å². The van der Waals surface area contributed by atoms with Crippen molar-refractivity contribution >= 4 is 29.3 Å². The highest BCUT2D eigenvalue weighted by Gasteiger charge is 1.97. The Hall–Kier alpha value is -0.500. The van der Waals surface area contributed by atoms with E-state index in [1.165, 1.54) is 0 Å². The summed E-state index contributed by atoms with van der Waals surface area (Å²) >= 11 is 11.7. The maximum absolute atomic E-state index is 5.96. The Morgan fingerprint density at radius 1 is 1.46 bits per heavy atom. The van der Waals surface area contributed by atoms with Crippen LogP contribution in [0, 0.1) is 0 Å². The second-order valence-electron chi connectivity index (χ2n) is 2.86. The van der Waals surface area contributed by atoms with Crippen LogP contribution < -0.4 is 5.73 Å². The molecule has 0 saturated heterocycles. The van der Waals surface area contributed by atoms with Crippen LogP contribution in [0.1, 0.15) is 12.5 Å². The summed E-state index contributed by atoms with van der Waals surface area (Å²) in [4.78, 5) is 0. The summed E-state index contributed by atoms with van der Waals surface area (Å²) in [5.74, 6) is 0. The van der Waals surface area contributed by atoms with E-state index in [-0.39, 0.29) is 0 Å². The molecule has 1 nitrogen and oxygen atoms in total. The van der Waals surface area contributed by atoms with E-state index in [1.54, 1.807) is 6.07 Å². The molecule has 0 amide bonds. The summed E-state index contributed by atoms with van der Waals surface area (Å²) in [6.07, 6.45) is 1.96. The average Bonchev–Trinajstić information content (AvgIpc) is 2.09. The van der Waals surface area contributed by atoms with E-state index < -0.39 is 0 Å². The van der Waals surface area contributed by atoms with Crippen LogP contribution in [0.2, 0.25) is 10.0 Å². The van der Waals surface area contributed by atoms with E-state index >= 15 is 0 Å². The van der Waals surface area contributed by atoms with Crippen LogP contribution in [0.4, 0.5) is 0 Å². The molecule has 0 fully saturated rings. The SMILES string of the molecule is CC(=Cc1ccc(Cl)cc1Cl)CN. The largest absolute Gasteiger partial charge is 0.327 e. The maximum Gasteiger partial charge on any atom is 0.0493 e. The molecule has 0 spiro atoms. The van der Waals surface area contributed by atoms with Gasteiger partial charge in [-0.15, -0.1) is 0 Å². The molecule has 0 bridgehead atoms. The van der Waals surface area contributed by atoms with Crippen molar-refractivity contribution in [2.75, 3.05) is 6.54 Å². The summed E-state index contributed by atoms with van der Waals surface area (Å²) in [7, 11) is 0. The van der Waals surface area contributed by atoms with Gasteiger partial charge in [-0.2, -0.15) is 0 Å². The number of hydrogen-bond donors (Lipinski definition) is 1. The molecule has 0 saturated carbocycles. The zero-order valence-electron chi connectivity index (χ0n) is 7.35. The molecule has 0 aliphatic rings. The molecular formula is C10H11Cl2N. The monoisotopic (exact) mass is 215 g/mol. The van der Waals surface area contributed by atoms with Gasteiger partial charge in [0.25, 0.3) is 0 Å². The third-order valence-corrected chi connectivity index (χ3v) is 2.25. The van der Waals surface area contributed by atoms with Gasteiger partial charge in [0.2, 0.25) is 0 Å². The first-order valence-corrected chi connectivity index (χ1v) is 4.71. The lowest BCUT2D eigenvalue weighted by molar-refractivity contribution is 1.15. The Bertz CT molecular complexity index is 332. The molecule has 70 valence electrons. The summed E-state index contributed by atoms with van der Waals surface area (Å²) in [6.45, 7) is 2.50. The number of nitrogens with two attached hydrogens (primary N) is 1. The predicted molar refractivity (Wildman–Crippen MR) is 59.2 cm³/mol. The highest BCUT2D eigenvalue weighted by molar-refractivity contribution is 6.35. The van der Waals surface area contributed by atoms with Crippen LogP contribution in [0.25, 0.3) is 6.08 Å². The number of benzene rings is 1. The molecule has 13 heavy (non-hydrogen) atoms. The van der Waals surface area contributed by atoms with Crippen molar-refractivity contribution in [3.63, 3.8) is 0 Å². The lowest BCUT2D eigenvalue weighted by atomic mass is 10.1. The molecule has 1 aromatic rings. The Labute approximate surface area is 88.1 Å². The normalized spacial score (nSPS) is 11.8.